The Labute approximate surface area is 117 Å². The lowest BCUT2D eigenvalue weighted by atomic mass is 10.1. The van der Waals surface area contributed by atoms with Gasteiger partial charge in [-0.05, 0) is 24.6 Å². The van der Waals surface area contributed by atoms with Crippen LogP contribution in [0, 0.1) is 5.82 Å². The fraction of sp³-hybridized carbons (Fsp3) is 0.462. The largest absolute Gasteiger partial charge is 0.318 e. The predicted octanol–water partition coefficient (Wildman–Crippen LogP) is 0.689. The van der Waals surface area contributed by atoms with Gasteiger partial charge in [0, 0.05) is 12.3 Å². The smallest absolute Gasteiger partial charge is 0.238 e. The monoisotopic (exact) mass is 300 g/mol. The lowest BCUT2D eigenvalue weighted by Crippen LogP contribution is -2.41. The molecule has 1 aliphatic heterocycles. The molecule has 0 bridgehead atoms. The second-order valence-electron chi connectivity index (χ2n) is 5.08. The second kappa shape index (κ2) is 5.49. The summed E-state index contributed by atoms with van der Waals surface area (Å²) < 4.78 is 35.7. The molecule has 0 aromatic heterocycles. The zero-order valence-electron chi connectivity index (χ0n) is 11.3. The summed E-state index contributed by atoms with van der Waals surface area (Å²) in [5.41, 5.74) is 0.734. The van der Waals surface area contributed by atoms with Gasteiger partial charge in [-0.3, -0.25) is 10.1 Å². The quantitative estimate of drug-likeness (QED) is 0.888. The number of benzene rings is 1. The Morgan fingerprint density at radius 1 is 1.40 bits per heavy atom. The van der Waals surface area contributed by atoms with Gasteiger partial charge in [0.05, 0.1) is 12.3 Å². The first-order valence-corrected chi connectivity index (χ1v) is 8.32. The van der Waals surface area contributed by atoms with E-state index in [-0.39, 0.29) is 24.0 Å². The van der Waals surface area contributed by atoms with E-state index < -0.39 is 22.0 Å². The van der Waals surface area contributed by atoms with Crippen molar-refractivity contribution in [1.29, 1.82) is 0 Å². The lowest BCUT2D eigenvalue weighted by Gasteiger charge is -2.30. The molecule has 0 aliphatic carbocycles. The van der Waals surface area contributed by atoms with Crippen molar-refractivity contribution in [1.82, 2.24) is 10.2 Å². The Kier molecular flexibility index (Phi) is 4.10. The molecule has 0 radical (unpaired) electrons. The van der Waals surface area contributed by atoms with Crippen LogP contribution in [0.2, 0.25) is 0 Å². The maximum Gasteiger partial charge on any atom is 0.238 e. The Balaban J connectivity index is 2.24. The van der Waals surface area contributed by atoms with E-state index in [0.717, 1.165) is 11.8 Å². The molecule has 1 saturated heterocycles. The van der Waals surface area contributed by atoms with Gasteiger partial charge in [-0.1, -0.05) is 12.1 Å². The van der Waals surface area contributed by atoms with Gasteiger partial charge in [0.25, 0.3) is 0 Å². The van der Waals surface area contributed by atoms with Crippen molar-refractivity contribution < 1.29 is 17.6 Å². The van der Waals surface area contributed by atoms with Crippen molar-refractivity contribution in [3.05, 3.63) is 35.6 Å². The first kappa shape index (κ1) is 14.9. The molecule has 110 valence electrons. The Morgan fingerprint density at radius 3 is 2.55 bits per heavy atom. The molecule has 0 saturated carbocycles. The van der Waals surface area contributed by atoms with Crippen molar-refractivity contribution in [3.63, 3.8) is 0 Å². The van der Waals surface area contributed by atoms with Crippen molar-refractivity contribution in [3.8, 4) is 0 Å². The summed E-state index contributed by atoms with van der Waals surface area (Å²) in [5.74, 6) is -0.609. The highest BCUT2D eigenvalue weighted by Crippen LogP contribution is 2.25. The van der Waals surface area contributed by atoms with Gasteiger partial charge in [-0.25, -0.2) is 12.8 Å². The molecule has 1 aliphatic rings. The SMILES string of the molecule is CC(CS(C)(=O)=O)N1C(=O)CNC1c1ccc(F)cc1. The summed E-state index contributed by atoms with van der Waals surface area (Å²) >= 11 is 0. The fourth-order valence-electron chi connectivity index (χ4n) is 2.46. The zero-order chi connectivity index (χ0) is 14.9. The number of carbonyl (C=O) groups excluding carboxylic acids is 1. The van der Waals surface area contributed by atoms with E-state index >= 15 is 0 Å². The molecule has 20 heavy (non-hydrogen) atoms. The van der Waals surface area contributed by atoms with E-state index in [2.05, 4.69) is 5.32 Å². The van der Waals surface area contributed by atoms with E-state index in [0.29, 0.717) is 0 Å². The van der Waals surface area contributed by atoms with Gasteiger partial charge in [0.2, 0.25) is 5.91 Å². The van der Waals surface area contributed by atoms with Crippen LogP contribution < -0.4 is 5.32 Å². The molecule has 5 nitrogen and oxygen atoms in total. The van der Waals surface area contributed by atoms with E-state index in [1.165, 1.54) is 17.0 Å². The maximum atomic E-state index is 12.9. The molecule has 0 spiro atoms. The highest BCUT2D eigenvalue weighted by atomic mass is 32.2. The molecule has 2 unspecified atom stereocenters. The number of amides is 1. The number of hydrogen-bond donors (Lipinski definition) is 1. The van der Waals surface area contributed by atoms with Crippen LogP contribution >= 0.6 is 0 Å². The summed E-state index contributed by atoms with van der Waals surface area (Å²) in [7, 11) is -3.18. The summed E-state index contributed by atoms with van der Waals surface area (Å²) in [6.45, 7) is 1.85. The molecule has 1 aromatic rings. The number of rotatable bonds is 4. The van der Waals surface area contributed by atoms with Crippen LogP contribution in [0.3, 0.4) is 0 Å². The van der Waals surface area contributed by atoms with Crippen molar-refractivity contribution in [2.24, 2.45) is 0 Å². The molecule has 2 atom stereocenters. The van der Waals surface area contributed by atoms with E-state index in [4.69, 9.17) is 0 Å². The minimum absolute atomic E-state index is 0.0991. The number of hydrogen-bond acceptors (Lipinski definition) is 4. The van der Waals surface area contributed by atoms with Crippen molar-refractivity contribution in [2.45, 2.75) is 19.1 Å². The van der Waals surface area contributed by atoms with Crippen LogP contribution in [-0.2, 0) is 14.6 Å². The predicted molar refractivity (Wildman–Crippen MR) is 73.2 cm³/mol. The van der Waals surface area contributed by atoms with Gasteiger partial charge in [0.1, 0.15) is 21.8 Å². The normalized spacial score (nSPS) is 21.2. The van der Waals surface area contributed by atoms with Crippen LogP contribution in [0.4, 0.5) is 4.39 Å². The summed E-state index contributed by atoms with van der Waals surface area (Å²) in [5, 5.41) is 3.02. The zero-order valence-corrected chi connectivity index (χ0v) is 12.2. The minimum atomic E-state index is -3.18. The van der Waals surface area contributed by atoms with Gasteiger partial charge in [-0.15, -0.1) is 0 Å². The Hall–Kier alpha value is -1.47. The number of nitrogens with one attached hydrogen (secondary N) is 1. The van der Waals surface area contributed by atoms with Crippen LogP contribution in [0.15, 0.2) is 24.3 Å². The van der Waals surface area contributed by atoms with Crippen LogP contribution in [0.25, 0.3) is 0 Å². The minimum Gasteiger partial charge on any atom is -0.318 e. The second-order valence-corrected chi connectivity index (χ2v) is 7.26. The van der Waals surface area contributed by atoms with Crippen LogP contribution in [0.5, 0.6) is 0 Å². The average molecular weight is 300 g/mol. The van der Waals surface area contributed by atoms with E-state index in [1.54, 1.807) is 19.1 Å². The topological polar surface area (TPSA) is 66.5 Å². The van der Waals surface area contributed by atoms with Gasteiger partial charge < -0.3 is 4.90 Å². The maximum absolute atomic E-state index is 12.9. The molecule has 2 rings (SSSR count). The third-order valence-electron chi connectivity index (χ3n) is 3.22. The molecular weight excluding hydrogens is 283 g/mol. The van der Waals surface area contributed by atoms with Crippen molar-refractivity contribution in [2.75, 3.05) is 18.6 Å². The molecular formula is C13H17FN2O3S. The number of nitrogens with zero attached hydrogens (tertiary/aromatic N) is 1. The highest BCUT2D eigenvalue weighted by molar-refractivity contribution is 7.90. The number of halogens is 1. The molecule has 1 aromatic carbocycles. The van der Waals surface area contributed by atoms with Gasteiger partial charge in [-0.2, -0.15) is 0 Å². The standard InChI is InChI=1S/C13H17FN2O3S/c1-9(8-20(2,18)19)16-12(17)7-15-13(16)10-3-5-11(14)6-4-10/h3-6,9,13,15H,7-8H2,1-2H3. The Bertz CT molecular complexity index is 601. The fourth-order valence-corrected chi connectivity index (χ4v) is 3.50. The van der Waals surface area contributed by atoms with E-state index in [1.807, 2.05) is 0 Å². The van der Waals surface area contributed by atoms with Crippen molar-refractivity contribution >= 4 is 15.7 Å². The first-order chi connectivity index (χ1) is 9.28. The first-order valence-electron chi connectivity index (χ1n) is 6.25. The number of sulfone groups is 1. The van der Waals surface area contributed by atoms with E-state index in [9.17, 15) is 17.6 Å². The van der Waals surface area contributed by atoms with Gasteiger partial charge >= 0.3 is 0 Å². The molecule has 1 amide bonds. The highest BCUT2D eigenvalue weighted by Gasteiger charge is 2.35. The third kappa shape index (κ3) is 3.34. The molecule has 1 heterocycles. The summed E-state index contributed by atoms with van der Waals surface area (Å²) in [6, 6.07) is 5.37. The summed E-state index contributed by atoms with van der Waals surface area (Å²) in [6.07, 6.45) is 0.726. The lowest BCUT2D eigenvalue weighted by molar-refractivity contribution is -0.129. The molecule has 1 N–H and O–H groups in total. The molecule has 7 heteroatoms. The summed E-state index contributed by atoms with van der Waals surface area (Å²) in [4.78, 5) is 13.5. The average Bonchev–Trinajstić information content (AvgIpc) is 2.70. The third-order valence-corrected chi connectivity index (χ3v) is 4.31. The van der Waals surface area contributed by atoms with Crippen LogP contribution in [0.1, 0.15) is 18.7 Å². The van der Waals surface area contributed by atoms with Gasteiger partial charge in [0.15, 0.2) is 0 Å². The molecule has 1 fully saturated rings. The Morgan fingerprint density at radius 2 is 2.00 bits per heavy atom. The van der Waals surface area contributed by atoms with Crippen LogP contribution in [-0.4, -0.2) is 43.8 Å². The number of carbonyl (C=O) groups is 1.